The molecule has 1 unspecified atom stereocenters. The number of anilines is 1. The fraction of sp³-hybridized carbons (Fsp3) is 0.333. The maximum absolute atomic E-state index is 11.5. The Morgan fingerprint density at radius 1 is 1.50 bits per heavy atom. The van der Waals surface area contributed by atoms with Gasteiger partial charge >= 0.3 is 5.97 Å². The summed E-state index contributed by atoms with van der Waals surface area (Å²) in [5.74, 6) is -1.29. The third kappa shape index (κ3) is 3.67. The fourth-order valence-corrected chi connectivity index (χ4v) is 1.52. The molecule has 0 heterocycles. The molecule has 0 fully saturated rings. The van der Waals surface area contributed by atoms with Crippen molar-refractivity contribution in [1.29, 1.82) is 0 Å². The van der Waals surface area contributed by atoms with Crippen LogP contribution >= 0.6 is 0 Å². The number of esters is 1. The van der Waals surface area contributed by atoms with Crippen molar-refractivity contribution in [3.05, 3.63) is 33.9 Å². The smallest absolute Gasteiger partial charge is 0.328 e. The Morgan fingerprint density at radius 3 is 2.65 bits per heavy atom. The van der Waals surface area contributed by atoms with E-state index in [1.54, 1.807) is 6.92 Å². The van der Waals surface area contributed by atoms with Gasteiger partial charge in [-0.25, -0.2) is 4.79 Å². The van der Waals surface area contributed by atoms with Crippen molar-refractivity contribution in [3.63, 3.8) is 0 Å². The number of primary amides is 1. The van der Waals surface area contributed by atoms with Crippen LogP contribution in [0.3, 0.4) is 0 Å². The number of ether oxygens (including phenoxy) is 1. The Bertz CT molecular complexity index is 544. The lowest BCUT2D eigenvalue weighted by Crippen LogP contribution is -2.28. The minimum Gasteiger partial charge on any atom is -0.464 e. The number of nitrogens with two attached hydrogens (primary N) is 1. The zero-order chi connectivity index (χ0) is 15.3. The molecule has 3 N–H and O–H groups in total. The number of nitrogens with zero attached hydrogens (tertiary/aromatic N) is 1. The van der Waals surface area contributed by atoms with Gasteiger partial charge in [-0.2, -0.15) is 0 Å². The summed E-state index contributed by atoms with van der Waals surface area (Å²) in [6.45, 7) is 3.39. The molecule has 0 aliphatic carbocycles. The van der Waals surface area contributed by atoms with Crippen LogP contribution in [0, 0.1) is 10.1 Å². The van der Waals surface area contributed by atoms with Crippen LogP contribution in [-0.4, -0.2) is 29.4 Å². The minimum absolute atomic E-state index is 0.0195. The molecule has 1 rings (SSSR count). The van der Waals surface area contributed by atoms with Crippen LogP contribution in [0.25, 0.3) is 0 Å². The van der Waals surface area contributed by atoms with Crippen LogP contribution < -0.4 is 11.1 Å². The normalized spacial score (nSPS) is 11.5. The van der Waals surface area contributed by atoms with Crippen molar-refractivity contribution in [2.75, 3.05) is 11.9 Å². The molecule has 1 aromatic carbocycles. The van der Waals surface area contributed by atoms with Crippen LogP contribution in [0.1, 0.15) is 24.2 Å². The number of nitrogens with one attached hydrogen (secondary N) is 1. The molecule has 0 spiro atoms. The van der Waals surface area contributed by atoms with E-state index >= 15 is 0 Å². The molecule has 0 aliphatic heterocycles. The standard InChI is InChI=1S/C12H15N3O5/c1-3-20-12(17)7(2)14-9-5-4-8(11(13)16)6-10(9)15(18)19/h4-7,14H,3H2,1-2H3,(H2,13,16). The topological polar surface area (TPSA) is 125 Å². The van der Waals surface area contributed by atoms with Crippen LogP contribution in [0.4, 0.5) is 11.4 Å². The minimum atomic E-state index is -0.766. The van der Waals surface area contributed by atoms with Gasteiger partial charge in [-0.1, -0.05) is 0 Å². The van der Waals surface area contributed by atoms with E-state index in [1.807, 2.05) is 0 Å². The molecule has 1 aromatic rings. The summed E-state index contributed by atoms with van der Waals surface area (Å²) < 4.78 is 4.79. The average Bonchev–Trinajstić information content (AvgIpc) is 2.38. The molecule has 0 saturated carbocycles. The van der Waals surface area contributed by atoms with Crippen LogP contribution in [0.2, 0.25) is 0 Å². The first kappa shape index (κ1) is 15.4. The SMILES string of the molecule is CCOC(=O)C(C)Nc1ccc(C(N)=O)cc1[N+](=O)[O-]. The Hall–Kier alpha value is -2.64. The van der Waals surface area contributed by atoms with Crippen molar-refractivity contribution in [2.24, 2.45) is 5.73 Å². The summed E-state index contributed by atoms with van der Waals surface area (Å²) in [5, 5.41) is 13.6. The second-order valence-electron chi connectivity index (χ2n) is 3.97. The van der Waals surface area contributed by atoms with Crippen LogP contribution in [-0.2, 0) is 9.53 Å². The van der Waals surface area contributed by atoms with Crippen molar-refractivity contribution in [1.82, 2.24) is 0 Å². The fourth-order valence-electron chi connectivity index (χ4n) is 1.52. The number of nitro benzene ring substituents is 1. The van der Waals surface area contributed by atoms with E-state index in [2.05, 4.69) is 5.32 Å². The maximum Gasteiger partial charge on any atom is 0.328 e. The third-order valence-corrected chi connectivity index (χ3v) is 2.49. The predicted molar refractivity (Wildman–Crippen MR) is 71.3 cm³/mol. The lowest BCUT2D eigenvalue weighted by Gasteiger charge is -2.14. The number of hydrogen-bond donors (Lipinski definition) is 2. The van der Waals surface area contributed by atoms with E-state index < -0.39 is 22.8 Å². The average molecular weight is 281 g/mol. The Kier molecular flexibility index (Phi) is 5.01. The van der Waals surface area contributed by atoms with E-state index in [0.29, 0.717) is 0 Å². The molecule has 20 heavy (non-hydrogen) atoms. The second-order valence-corrected chi connectivity index (χ2v) is 3.97. The van der Waals surface area contributed by atoms with Crippen molar-refractivity contribution >= 4 is 23.3 Å². The van der Waals surface area contributed by atoms with Crippen molar-refractivity contribution in [3.8, 4) is 0 Å². The Balaban J connectivity index is 3.03. The molecule has 0 aliphatic rings. The summed E-state index contributed by atoms with van der Waals surface area (Å²) in [6, 6.07) is 2.97. The first-order chi connectivity index (χ1) is 9.36. The van der Waals surface area contributed by atoms with Gasteiger partial charge in [0.15, 0.2) is 0 Å². The molecule has 0 aromatic heterocycles. The zero-order valence-corrected chi connectivity index (χ0v) is 11.1. The van der Waals surface area contributed by atoms with Gasteiger partial charge < -0.3 is 15.8 Å². The second kappa shape index (κ2) is 6.50. The molecule has 1 amide bonds. The van der Waals surface area contributed by atoms with Gasteiger partial charge in [0, 0.05) is 11.6 Å². The predicted octanol–water partition coefficient (Wildman–Crippen LogP) is 1.06. The highest BCUT2D eigenvalue weighted by atomic mass is 16.6. The molecule has 0 bridgehead atoms. The molecule has 0 radical (unpaired) electrons. The number of carbonyl (C=O) groups is 2. The van der Waals surface area contributed by atoms with E-state index in [-0.39, 0.29) is 23.5 Å². The monoisotopic (exact) mass is 281 g/mol. The van der Waals surface area contributed by atoms with E-state index in [9.17, 15) is 19.7 Å². The van der Waals surface area contributed by atoms with Gasteiger partial charge in [0.2, 0.25) is 5.91 Å². The van der Waals surface area contributed by atoms with E-state index in [1.165, 1.54) is 19.1 Å². The molecule has 0 saturated heterocycles. The summed E-state index contributed by atoms with van der Waals surface area (Å²) in [5.41, 5.74) is 4.86. The highest BCUT2D eigenvalue weighted by Crippen LogP contribution is 2.26. The summed E-state index contributed by atoms with van der Waals surface area (Å²) in [6.07, 6.45) is 0. The van der Waals surface area contributed by atoms with E-state index in [4.69, 9.17) is 10.5 Å². The van der Waals surface area contributed by atoms with Crippen molar-refractivity contribution in [2.45, 2.75) is 19.9 Å². The number of rotatable bonds is 6. The van der Waals surface area contributed by atoms with Crippen LogP contribution in [0.5, 0.6) is 0 Å². The van der Waals surface area contributed by atoms with Crippen LogP contribution in [0.15, 0.2) is 18.2 Å². The molecular formula is C12H15N3O5. The van der Waals surface area contributed by atoms with Gasteiger partial charge in [0.1, 0.15) is 11.7 Å². The summed E-state index contributed by atoms with van der Waals surface area (Å²) in [7, 11) is 0. The zero-order valence-electron chi connectivity index (χ0n) is 11.1. The van der Waals surface area contributed by atoms with Gasteiger partial charge in [-0.3, -0.25) is 14.9 Å². The van der Waals surface area contributed by atoms with E-state index in [0.717, 1.165) is 6.07 Å². The largest absolute Gasteiger partial charge is 0.464 e. The molecular weight excluding hydrogens is 266 g/mol. The van der Waals surface area contributed by atoms with Crippen molar-refractivity contribution < 1.29 is 19.2 Å². The summed E-state index contributed by atoms with van der Waals surface area (Å²) in [4.78, 5) is 32.8. The highest BCUT2D eigenvalue weighted by molar-refractivity contribution is 5.94. The number of amides is 1. The summed E-state index contributed by atoms with van der Waals surface area (Å²) >= 11 is 0. The lowest BCUT2D eigenvalue weighted by atomic mass is 10.1. The quantitative estimate of drug-likeness (QED) is 0.456. The van der Waals surface area contributed by atoms with Gasteiger partial charge in [0.25, 0.3) is 5.69 Å². The number of benzene rings is 1. The first-order valence-corrected chi connectivity index (χ1v) is 5.88. The maximum atomic E-state index is 11.5. The third-order valence-electron chi connectivity index (χ3n) is 2.49. The van der Waals surface area contributed by atoms with Gasteiger partial charge in [-0.05, 0) is 26.0 Å². The number of carbonyl (C=O) groups excluding carboxylic acids is 2. The molecule has 1 atom stereocenters. The molecule has 8 heteroatoms. The molecule has 108 valence electrons. The molecule has 8 nitrogen and oxygen atoms in total. The first-order valence-electron chi connectivity index (χ1n) is 5.88. The Labute approximate surface area is 115 Å². The number of hydrogen-bond acceptors (Lipinski definition) is 6. The lowest BCUT2D eigenvalue weighted by molar-refractivity contribution is -0.384. The number of nitro groups is 1. The van der Waals surface area contributed by atoms with Gasteiger partial charge in [-0.15, -0.1) is 0 Å². The Morgan fingerprint density at radius 2 is 2.15 bits per heavy atom. The van der Waals surface area contributed by atoms with Gasteiger partial charge in [0.05, 0.1) is 11.5 Å². The highest BCUT2D eigenvalue weighted by Gasteiger charge is 2.21.